The minimum absolute atomic E-state index is 0.190. The van der Waals surface area contributed by atoms with Crippen LogP contribution in [0.5, 0.6) is 0 Å². The third kappa shape index (κ3) is 2.92. The molecular weight excluding hydrogens is 266 g/mol. The molecule has 3 N–H and O–H groups in total. The molecule has 0 aliphatic rings. The molecule has 5 nitrogen and oxygen atoms in total. The van der Waals surface area contributed by atoms with Gasteiger partial charge in [-0.05, 0) is 36.4 Å². The van der Waals surface area contributed by atoms with Crippen LogP contribution in [0.4, 0.5) is 11.4 Å². The van der Waals surface area contributed by atoms with Crippen molar-refractivity contribution in [1.82, 2.24) is 4.98 Å². The van der Waals surface area contributed by atoms with E-state index in [1.165, 1.54) is 6.39 Å². The number of rotatable bonds is 3. The number of carbonyl (C=O) groups is 1. The van der Waals surface area contributed by atoms with Crippen molar-refractivity contribution in [3.05, 3.63) is 66.7 Å². The summed E-state index contributed by atoms with van der Waals surface area (Å²) < 4.78 is 5.24. The Morgan fingerprint density at radius 3 is 2.67 bits per heavy atom. The summed E-state index contributed by atoms with van der Waals surface area (Å²) in [6.07, 6.45) is 3.00. The van der Waals surface area contributed by atoms with E-state index >= 15 is 0 Å². The molecule has 21 heavy (non-hydrogen) atoms. The number of nitrogens with one attached hydrogen (secondary N) is 1. The zero-order valence-corrected chi connectivity index (χ0v) is 11.1. The smallest absolute Gasteiger partial charge is 0.255 e. The highest BCUT2D eigenvalue weighted by Gasteiger charge is 2.07. The number of aromatic nitrogens is 1. The molecule has 1 amide bonds. The SMILES string of the molecule is Nc1ccc(C(=O)Nc2cccc(-c3cnco3)c2)cc1. The summed E-state index contributed by atoms with van der Waals surface area (Å²) in [6.45, 7) is 0. The largest absolute Gasteiger partial charge is 0.444 e. The van der Waals surface area contributed by atoms with Crippen LogP contribution >= 0.6 is 0 Å². The van der Waals surface area contributed by atoms with Crippen LogP contribution in [0, 0.1) is 0 Å². The van der Waals surface area contributed by atoms with Crippen LogP contribution in [0.15, 0.2) is 65.5 Å². The second kappa shape index (κ2) is 5.50. The Bertz CT molecular complexity index is 749. The van der Waals surface area contributed by atoms with Crippen molar-refractivity contribution in [1.29, 1.82) is 0 Å². The van der Waals surface area contributed by atoms with Gasteiger partial charge in [0.05, 0.1) is 6.20 Å². The Kier molecular flexibility index (Phi) is 3.39. The molecule has 5 heteroatoms. The summed E-state index contributed by atoms with van der Waals surface area (Å²) in [5.74, 6) is 0.461. The quantitative estimate of drug-likeness (QED) is 0.721. The number of oxazole rings is 1. The second-order valence-corrected chi connectivity index (χ2v) is 4.52. The van der Waals surface area contributed by atoms with E-state index in [0.29, 0.717) is 22.7 Å². The predicted octanol–water partition coefficient (Wildman–Crippen LogP) is 3.18. The second-order valence-electron chi connectivity index (χ2n) is 4.52. The molecule has 0 saturated heterocycles. The van der Waals surface area contributed by atoms with Gasteiger partial charge in [0.2, 0.25) is 0 Å². The van der Waals surface area contributed by atoms with Crippen LogP contribution in [-0.4, -0.2) is 10.9 Å². The van der Waals surface area contributed by atoms with E-state index < -0.39 is 0 Å². The Balaban J connectivity index is 1.80. The molecular formula is C16H13N3O2. The van der Waals surface area contributed by atoms with Gasteiger partial charge >= 0.3 is 0 Å². The molecule has 1 heterocycles. The summed E-state index contributed by atoms with van der Waals surface area (Å²) in [4.78, 5) is 16.0. The molecule has 0 aliphatic carbocycles. The number of benzene rings is 2. The third-order valence-corrected chi connectivity index (χ3v) is 3.01. The van der Waals surface area contributed by atoms with Crippen LogP contribution in [0.3, 0.4) is 0 Å². The molecule has 0 unspecified atom stereocenters. The zero-order chi connectivity index (χ0) is 14.7. The van der Waals surface area contributed by atoms with Gasteiger partial charge in [-0.25, -0.2) is 4.98 Å². The first-order valence-electron chi connectivity index (χ1n) is 6.38. The number of nitrogen functional groups attached to an aromatic ring is 1. The average molecular weight is 279 g/mol. The molecule has 3 rings (SSSR count). The highest BCUT2D eigenvalue weighted by atomic mass is 16.3. The molecule has 104 valence electrons. The fourth-order valence-electron chi connectivity index (χ4n) is 1.95. The summed E-state index contributed by atoms with van der Waals surface area (Å²) >= 11 is 0. The monoisotopic (exact) mass is 279 g/mol. The third-order valence-electron chi connectivity index (χ3n) is 3.01. The number of nitrogens with zero attached hydrogens (tertiary/aromatic N) is 1. The van der Waals surface area contributed by atoms with Crippen molar-refractivity contribution < 1.29 is 9.21 Å². The molecule has 0 atom stereocenters. The molecule has 0 spiro atoms. The minimum atomic E-state index is -0.190. The van der Waals surface area contributed by atoms with Gasteiger partial charge in [-0.2, -0.15) is 0 Å². The van der Waals surface area contributed by atoms with E-state index in [2.05, 4.69) is 10.3 Å². The molecule has 0 fully saturated rings. The number of hydrogen-bond donors (Lipinski definition) is 2. The maximum Gasteiger partial charge on any atom is 0.255 e. The first-order valence-corrected chi connectivity index (χ1v) is 6.38. The molecule has 1 aromatic heterocycles. The highest BCUT2D eigenvalue weighted by Crippen LogP contribution is 2.22. The fraction of sp³-hybridized carbons (Fsp3) is 0. The van der Waals surface area contributed by atoms with Gasteiger partial charge in [0.25, 0.3) is 5.91 Å². The minimum Gasteiger partial charge on any atom is -0.444 e. The Labute approximate surface area is 121 Å². The van der Waals surface area contributed by atoms with Crippen LogP contribution in [0.25, 0.3) is 11.3 Å². The van der Waals surface area contributed by atoms with Crippen LogP contribution in [0.1, 0.15) is 10.4 Å². The van der Waals surface area contributed by atoms with E-state index in [9.17, 15) is 4.79 Å². The van der Waals surface area contributed by atoms with E-state index in [0.717, 1.165) is 5.56 Å². The average Bonchev–Trinajstić information content (AvgIpc) is 3.02. The van der Waals surface area contributed by atoms with Gasteiger partial charge in [0.15, 0.2) is 12.2 Å². The van der Waals surface area contributed by atoms with Gasteiger partial charge in [-0.1, -0.05) is 12.1 Å². The number of anilines is 2. The molecule has 3 aromatic rings. The molecule has 0 bridgehead atoms. The van der Waals surface area contributed by atoms with Crippen molar-refractivity contribution in [2.24, 2.45) is 0 Å². The van der Waals surface area contributed by atoms with Crippen molar-refractivity contribution >= 4 is 17.3 Å². The van der Waals surface area contributed by atoms with Crippen molar-refractivity contribution in [2.75, 3.05) is 11.1 Å². The van der Waals surface area contributed by atoms with E-state index in [-0.39, 0.29) is 5.91 Å². The predicted molar refractivity (Wildman–Crippen MR) is 80.7 cm³/mol. The van der Waals surface area contributed by atoms with Gasteiger partial charge in [-0.3, -0.25) is 4.79 Å². The van der Waals surface area contributed by atoms with Gasteiger partial charge in [-0.15, -0.1) is 0 Å². The van der Waals surface area contributed by atoms with Gasteiger partial charge < -0.3 is 15.5 Å². The first-order chi connectivity index (χ1) is 10.2. The topological polar surface area (TPSA) is 81.2 Å². The maximum absolute atomic E-state index is 12.1. The summed E-state index contributed by atoms with van der Waals surface area (Å²) in [6, 6.07) is 14.1. The van der Waals surface area contributed by atoms with E-state index in [1.807, 2.05) is 24.3 Å². The number of hydrogen-bond acceptors (Lipinski definition) is 4. The summed E-state index contributed by atoms with van der Waals surface area (Å²) in [5.41, 5.74) is 8.32. The van der Waals surface area contributed by atoms with Crippen LogP contribution in [-0.2, 0) is 0 Å². The highest BCUT2D eigenvalue weighted by molar-refractivity contribution is 6.04. The van der Waals surface area contributed by atoms with Crippen molar-refractivity contribution in [3.8, 4) is 11.3 Å². The van der Waals surface area contributed by atoms with Crippen molar-refractivity contribution in [3.63, 3.8) is 0 Å². The standard InChI is InChI=1S/C16H13N3O2/c17-13-6-4-11(5-7-13)16(20)19-14-3-1-2-12(8-14)15-9-18-10-21-15/h1-10H,17H2,(H,19,20). The van der Waals surface area contributed by atoms with Gasteiger partial charge in [0.1, 0.15) is 0 Å². The summed E-state index contributed by atoms with van der Waals surface area (Å²) in [5, 5.41) is 2.84. The molecule has 0 saturated carbocycles. The lowest BCUT2D eigenvalue weighted by Crippen LogP contribution is -2.11. The van der Waals surface area contributed by atoms with E-state index in [4.69, 9.17) is 10.2 Å². The Morgan fingerprint density at radius 2 is 1.95 bits per heavy atom. The van der Waals surface area contributed by atoms with Crippen LogP contribution in [0.2, 0.25) is 0 Å². The Hall–Kier alpha value is -3.08. The Morgan fingerprint density at radius 1 is 1.14 bits per heavy atom. The first kappa shape index (κ1) is 12.9. The fourth-order valence-corrected chi connectivity index (χ4v) is 1.95. The molecule has 0 aliphatic heterocycles. The lowest BCUT2D eigenvalue weighted by molar-refractivity contribution is 0.102. The van der Waals surface area contributed by atoms with E-state index in [1.54, 1.807) is 30.5 Å². The number of nitrogens with two attached hydrogens (primary N) is 1. The molecule has 2 aromatic carbocycles. The maximum atomic E-state index is 12.1. The van der Waals surface area contributed by atoms with Crippen LogP contribution < -0.4 is 11.1 Å². The lowest BCUT2D eigenvalue weighted by Gasteiger charge is -2.06. The number of amides is 1. The zero-order valence-electron chi connectivity index (χ0n) is 11.1. The number of carbonyl (C=O) groups excluding carboxylic acids is 1. The van der Waals surface area contributed by atoms with Crippen molar-refractivity contribution in [2.45, 2.75) is 0 Å². The molecule has 0 radical (unpaired) electrons. The van der Waals surface area contributed by atoms with Gasteiger partial charge in [0, 0.05) is 22.5 Å². The normalized spacial score (nSPS) is 10.3. The lowest BCUT2D eigenvalue weighted by atomic mass is 10.1. The summed E-state index contributed by atoms with van der Waals surface area (Å²) in [7, 11) is 0.